The van der Waals surface area contributed by atoms with Crippen molar-refractivity contribution in [2.24, 2.45) is 0 Å². The third kappa shape index (κ3) is 4.26. The average Bonchev–Trinajstić information content (AvgIpc) is 2.35. The molecular weight excluding hydrogens is 218 g/mol. The Labute approximate surface area is 101 Å². The van der Waals surface area contributed by atoms with Gasteiger partial charge in [-0.2, -0.15) is 4.98 Å². The normalized spacial score (nSPS) is 11.7. The van der Waals surface area contributed by atoms with Crippen molar-refractivity contribution in [2.75, 3.05) is 24.2 Å². The van der Waals surface area contributed by atoms with Gasteiger partial charge in [-0.3, -0.25) is 4.79 Å². The third-order valence-corrected chi connectivity index (χ3v) is 2.19. The molecule has 6 heteroatoms. The van der Waals surface area contributed by atoms with Crippen LogP contribution in [0.25, 0.3) is 0 Å². The molecule has 1 amide bonds. The van der Waals surface area contributed by atoms with Crippen LogP contribution in [-0.4, -0.2) is 35.5 Å². The SMILES string of the molecule is CCCNc1nccc(NC(C)C(=O)NC)n1. The lowest BCUT2D eigenvalue weighted by molar-refractivity contribution is -0.121. The molecule has 0 saturated carbocycles. The predicted octanol–water partition coefficient (Wildman–Crippen LogP) is 0.845. The lowest BCUT2D eigenvalue weighted by atomic mass is 10.3. The van der Waals surface area contributed by atoms with Gasteiger partial charge >= 0.3 is 0 Å². The highest BCUT2D eigenvalue weighted by Crippen LogP contribution is 2.07. The van der Waals surface area contributed by atoms with E-state index in [0.29, 0.717) is 11.8 Å². The molecule has 0 spiro atoms. The van der Waals surface area contributed by atoms with Gasteiger partial charge in [0.25, 0.3) is 0 Å². The predicted molar refractivity (Wildman–Crippen MR) is 68.0 cm³/mol. The number of nitrogens with one attached hydrogen (secondary N) is 3. The highest BCUT2D eigenvalue weighted by molar-refractivity contribution is 5.83. The minimum Gasteiger partial charge on any atom is -0.358 e. The van der Waals surface area contributed by atoms with Gasteiger partial charge in [0.2, 0.25) is 11.9 Å². The molecule has 0 saturated heterocycles. The maximum atomic E-state index is 11.3. The smallest absolute Gasteiger partial charge is 0.241 e. The molecule has 0 fully saturated rings. The van der Waals surface area contributed by atoms with E-state index >= 15 is 0 Å². The molecule has 0 aromatic carbocycles. The molecule has 0 aliphatic rings. The van der Waals surface area contributed by atoms with Crippen molar-refractivity contribution in [2.45, 2.75) is 26.3 Å². The van der Waals surface area contributed by atoms with Crippen molar-refractivity contribution < 1.29 is 4.79 Å². The van der Waals surface area contributed by atoms with Crippen LogP contribution in [0.15, 0.2) is 12.3 Å². The molecule has 6 nitrogen and oxygen atoms in total. The number of nitrogens with zero attached hydrogens (tertiary/aromatic N) is 2. The molecule has 0 radical (unpaired) electrons. The molecule has 1 heterocycles. The Morgan fingerprint density at radius 1 is 1.53 bits per heavy atom. The molecule has 17 heavy (non-hydrogen) atoms. The first-order valence-corrected chi connectivity index (χ1v) is 5.72. The Kier molecular flexibility index (Phi) is 5.19. The highest BCUT2D eigenvalue weighted by Gasteiger charge is 2.10. The van der Waals surface area contributed by atoms with Crippen LogP contribution in [0.5, 0.6) is 0 Å². The topological polar surface area (TPSA) is 78.9 Å². The molecule has 1 aromatic rings. The van der Waals surface area contributed by atoms with Gasteiger partial charge in [-0.25, -0.2) is 4.98 Å². The van der Waals surface area contributed by atoms with Crippen molar-refractivity contribution >= 4 is 17.7 Å². The second-order valence-corrected chi connectivity index (χ2v) is 3.67. The van der Waals surface area contributed by atoms with Gasteiger partial charge < -0.3 is 16.0 Å². The molecule has 1 aromatic heterocycles. The summed E-state index contributed by atoms with van der Waals surface area (Å²) >= 11 is 0. The van der Waals surface area contributed by atoms with E-state index in [4.69, 9.17) is 0 Å². The van der Waals surface area contributed by atoms with Gasteiger partial charge in [0, 0.05) is 19.8 Å². The van der Waals surface area contributed by atoms with Gasteiger partial charge in [-0.1, -0.05) is 6.92 Å². The van der Waals surface area contributed by atoms with Gasteiger partial charge in [0.1, 0.15) is 11.9 Å². The van der Waals surface area contributed by atoms with E-state index in [-0.39, 0.29) is 11.9 Å². The fourth-order valence-corrected chi connectivity index (χ4v) is 1.26. The first kappa shape index (κ1) is 13.2. The Morgan fingerprint density at radius 2 is 2.29 bits per heavy atom. The summed E-state index contributed by atoms with van der Waals surface area (Å²) in [6, 6.07) is 1.41. The van der Waals surface area contributed by atoms with E-state index < -0.39 is 0 Å². The Balaban J connectivity index is 2.62. The van der Waals surface area contributed by atoms with Crippen molar-refractivity contribution in [1.82, 2.24) is 15.3 Å². The van der Waals surface area contributed by atoms with Crippen LogP contribution in [0.3, 0.4) is 0 Å². The highest BCUT2D eigenvalue weighted by atomic mass is 16.2. The third-order valence-electron chi connectivity index (χ3n) is 2.19. The summed E-state index contributed by atoms with van der Waals surface area (Å²) in [4.78, 5) is 19.7. The summed E-state index contributed by atoms with van der Waals surface area (Å²) in [7, 11) is 1.61. The van der Waals surface area contributed by atoms with Crippen molar-refractivity contribution in [1.29, 1.82) is 0 Å². The molecule has 1 atom stereocenters. The fraction of sp³-hybridized carbons (Fsp3) is 0.545. The van der Waals surface area contributed by atoms with E-state index in [1.165, 1.54) is 0 Å². The summed E-state index contributed by atoms with van der Waals surface area (Å²) in [6.45, 7) is 4.68. The van der Waals surface area contributed by atoms with Crippen LogP contribution in [0.2, 0.25) is 0 Å². The molecule has 94 valence electrons. The van der Waals surface area contributed by atoms with Crippen LogP contribution in [0, 0.1) is 0 Å². The first-order chi connectivity index (χ1) is 8.17. The second kappa shape index (κ2) is 6.67. The first-order valence-electron chi connectivity index (χ1n) is 5.72. The standard InChI is InChI=1S/C11H19N5O/c1-4-6-13-11-14-7-5-9(16-11)15-8(2)10(17)12-3/h5,7-8H,4,6H2,1-3H3,(H,12,17)(H2,13,14,15,16). The van der Waals surface area contributed by atoms with E-state index in [1.54, 1.807) is 26.2 Å². The summed E-state index contributed by atoms with van der Waals surface area (Å²) in [6.07, 6.45) is 2.67. The van der Waals surface area contributed by atoms with Gasteiger partial charge in [-0.15, -0.1) is 0 Å². The van der Waals surface area contributed by atoms with Crippen LogP contribution >= 0.6 is 0 Å². The number of hydrogen-bond donors (Lipinski definition) is 3. The van der Waals surface area contributed by atoms with Crippen molar-refractivity contribution in [3.63, 3.8) is 0 Å². The average molecular weight is 237 g/mol. The summed E-state index contributed by atoms with van der Waals surface area (Å²) in [5, 5.41) is 8.67. The van der Waals surface area contributed by atoms with E-state index in [1.807, 2.05) is 0 Å². The van der Waals surface area contributed by atoms with Gasteiger partial charge in [0.05, 0.1) is 0 Å². The van der Waals surface area contributed by atoms with Gasteiger partial charge in [0.15, 0.2) is 0 Å². The second-order valence-electron chi connectivity index (χ2n) is 3.67. The number of amides is 1. The number of hydrogen-bond acceptors (Lipinski definition) is 5. The zero-order valence-electron chi connectivity index (χ0n) is 10.4. The summed E-state index contributed by atoms with van der Waals surface area (Å²) in [5.41, 5.74) is 0. The van der Waals surface area contributed by atoms with Crippen LogP contribution < -0.4 is 16.0 Å². The van der Waals surface area contributed by atoms with E-state index in [2.05, 4.69) is 32.8 Å². The molecule has 0 aliphatic carbocycles. The fourth-order valence-electron chi connectivity index (χ4n) is 1.26. The summed E-state index contributed by atoms with van der Waals surface area (Å²) in [5.74, 6) is 1.13. The Bertz CT molecular complexity index is 369. The van der Waals surface area contributed by atoms with Crippen molar-refractivity contribution in [3.8, 4) is 0 Å². The Morgan fingerprint density at radius 3 is 2.94 bits per heavy atom. The van der Waals surface area contributed by atoms with Crippen LogP contribution in [-0.2, 0) is 4.79 Å². The van der Waals surface area contributed by atoms with Crippen molar-refractivity contribution in [3.05, 3.63) is 12.3 Å². The number of rotatable bonds is 6. The number of carbonyl (C=O) groups is 1. The maximum Gasteiger partial charge on any atom is 0.241 e. The number of likely N-dealkylation sites (N-methyl/N-ethyl adjacent to an activating group) is 1. The quantitative estimate of drug-likeness (QED) is 0.683. The number of carbonyl (C=O) groups excluding carboxylic acids is 1. The lowest BCUT2D eigenvalue weighted by Crippen LogP contribution is -2.35. The van der Waals surface area contributed by atoms with Crippen LogP contribution in [0.1, 0.15) is 20.3 Å². The number of aromatic nitrogens is 2. The maximum absolute atomic E-state index is 11.3. The zero-order valence-corrected chi connectivity index (χ0v) is 10.4. The van der Waals surface area contributed by atoms with Gasteiger partial charge in [-0.05, 0) is 19.4 Å². The van der Waals surface area contributed by atoms with E-state index in [9.17, 15) is 4.79 Å². The largest absolute Gasteiger partial charge is 0.358 e. The van der Waals surface area contributed by atoms with Crippen LogP contribution in [0.4, 0.5) is 11.8 Å². The molecule has 3 N–H and O–H groups in total. The van der Waals surface area contributed by atoms with E-state index in [0.717, 1.165) is 13.0 Å². The monoisotopic (exact) mass is 237 g/mol. The molecule has 1 unspecified atom stereocenters. The molecule has 0 aliphatic heterocycles. The zero-order chi connectivity index (χ0) is 12.7. The number of anilines is 2. The summed E-state index contributed by atoms with van der Waals surface area (Å²) < 4.78 is 0. The minimum atomic E-state index is -0.325. The minimum absolute atomic E-state index is 0.0771. The molecular formula is C11H19N5O. The molecule has 1 rings (SSSR count). The Hall–Kier alpha value is -1.85. The molecule has 0 bridgehead atoms. The lowest BCUT2D eigenvalue weighted by Gasteiger charge is -2.13.